The molecule has 0 aliphatic rings. The Kier molecular flexibility index (Phi) is 57.3. The van der Waals surface area contributed by atoms with Gasteiger partial charge < -0.3 is 14.2 Å². The van der Waals surface area contributed by atoms with Crippen molar-refractivity contribution in [3.63, 3.8) is 0 Å². The van der Waals surface area contributed by atoms with Crippen molar-refractivity contribution in [3.8, 4) is 0 Å². The summed E-state index contributed by atoms with van der Waals surface area (Å²) in [6, 6.07) is 0. The van der Waals surface area contributed by atoms with E-state index in [0.717, 1.165) is 109 Å². The minimum atomic E-state index is -0.778. The van der Waals surface area contributed by atoms with Gasteiger partial charge in [0.25, 0.3) is 0 Å². The molecule has 0 heterocycles. The monoisotopic (exact) mass is 1000 g/mol. The molecule has 0 aliphatic carbocycles. The number of carbonyl (C=O) groups is 3. The van der Waals surface area contributed by atoms with Crippen LogP contribution in [0.5, 0.6) is 0 Å². The van der Waals surface area contributed by atoms with Gasteiger partial charge in [-0.25, -0.2) is 0 Å². The number of rotatable bonds is 55. The largest absolute Gasteiger partial charge is 0.462 e. The molecule has 0 radical (unpaired) electrons. The highest BCUT2D eigenvalue weighted by molar-refractivity contribution is 5.71. The van der Waals surface area contributed by atoms with Crippen LogP contribution in [0.25, 0.3) is 0 Å². The minimum Gasteiger partial charge on any atom is -0.462 e. The lowest BCUT2D eigenvalue weighted by Gasteiger charge is -2.18. The summed E-state index contributed by atoms with van der Waals surface area (Å²) < 4.78 is 16.8. The van der Waals surface area contributed by atoms with Gasteiger partial charge in [-0.2, -0.15) is 0 Å². The first-order chi connectivity index (χ1) is 35.5. The van der Waals surface area contributed by atoms with Crippen LogP contribution in [-0.2, 0) is 28.6 Å². The second kappa shape index (κ2) is 60.1. The number of unbranched alkanes of at least 4 members (excludes halogenated alkanes) is 30. The third-order valence-electron chi connectivity index (χ3n) is 13.1. The van der Waals surface area contributed by atoms with Crippen molar-refractivity contribution < 1.29 is 28.6 Å². The maximum absolute atomic E-state index is 12.8. The first-order valence-corrected chi connectivity index (χ1v) is 30.6. The molecule has 0 rings (SSSR count). The maximum Gasteiger partial charge on any atom is 0.306 e. The summed E-state index contributed by atoms with van der Waals surface area (Å²) in [4.78, 5) is 38.1. The lowest BCUT2D eigenvalue weighted by molar-refractivity contribution is -0.167. The van der Waals surface area contributed by atoms with Crippen molar-refractivity contribution in [2.24, 2.45) is 0 Å². The Hall–Kier alpha value is -3.41. The van der Waals surface area contributed by atoms with Crippen molar-refractivity contribution >= 4 is 17.9 Å². The van der Waals surface area contributed by atoms with Crippen molar-refractivity contribution in [1.82, 2.24) is 0 Å². The molecule has 0 amide bonds. The average Bonchev–Trinajstić information content (AvgIpc) is 3.38. The number of carbonyl (C=O) groups excluding carboxylic acids is 3. The van der Waals surface area contributed by atoms with Crippen molar-refractivity contribution in [2.75, 3.05) is 13.2 Å². The van der Waals surface area contributed by atoms with E-state index < -0.39 is 6.10 Å². The van der Waals surface area contributed by atoms with Crippen LogP contribution in [-0.4, -0.2) is 37.2 Å². The lowest BCUT2D eigenvalue weighted by atomic mass is 10.0. The molecule has 6 nitrogen and oxygen atoms in total. The molecule has 0 N–H and O–H groups in total. The van der Waals surface area contributed by atoms with Gasteiger partial charge in [-0.05, 0) is 89.9 Å². The minimum absolute atomic E-state index is 0.0774. The van der Waals surface area contributed by atoms with Crippen LogP contribution in [0.15, 0.2) is 85.1 Å². The standard InChI is InChI=1S/C66H114O6/c1-4-7-10-13-16-19-21-23-25-27-28-29-30-31-32-33-34-35-36-37-38-40-41-43-45-47-50-53-56-59-65(68)71-62-63(61-70-64(67)58-55-52-49-18-15-12-9-6-3)72-66(69)60-57-54-51-48-46-44-42-39-26-24-22-20-17-14-11-8-5-2/h7-8,10-11,16-17,19-20,23-26,28-29,63H,4-6,9,12-15,18,21-22,27,30-62H2,1-3H3/b10-7-,11-8-,19-16-,20-17-,25-23-,26-24-,29-28-. The summed E-state index contributed by atoms with van der Waals surface area (Å²) in [6.07, 6.45) is 78.9. The quantitative estimate of drug-likeness (QED) is 0.0261. The Balaban J connectivity index is 4.12. The summed E-state index contributed by atoms with van der Waals surface area (Å²) in [5.41, 5.74) is 0. The molecule has 0 aliphatic heterocycles. The molecule has 1 atom stereocenters. The predicted molar refractivity (Wildman–Crippen MR) is 311 cm³/mol. The van der Waals surface area contributed by atoms with E-state index in [4.69, 9.17) is 14.2 Å². The first kappa shape index (κ1) is 68.6. The average molecular weight is 1000 g/mol. The Morgan fingerprint density at radius 2 is 0.542 bits per heavy atom. The van der Waals surface area contributed by atoms with Crippen LogP contribution < -0.4 is 0 Å². The van der Waals surface area contributed by atoms with Gasteiger partial charge >= 0.3 is 17.9 Å². The molecule has 0 bridgehead atoms. The van der Waals surface area contributed by atoms with Gasteiger partial charge in [-0.3, -0.25) is 14.4 Å². The third-order valence-corrected chi connectivity index (χ3v) is 13.1. The van der Waals surface area contributed by atoms with E-state index in [0.29, 0.717) is 19.3 Å². The fraction of sp³-hybridized carbons (Fsp3) is 0.742. The van der Waals surface area contributed by atoms with Crippen molar-refractivity contribution in [3.05, 3.63) is 85.1 Å². The molecule has 0 spiro atoms. The van der Waals surface area contributed by atoms with Crippen LogP contribution in [0.4, 0.5) is 0 Å². The normalized spacial score (nSPS) is 12.7. The van der Waals surface area contributed by atoms with E-state index >= 15 is 0 Å². The Morgan fingerprint density at radius 1 is 0.292 bits per heavy atom. The molecular weight excluding hydrogens is 889 g/mol. The fourth-order valence-electron chi connectivity index (χ4n) is 8.63. The lowest BCUT2D eigenvalue weighted by Crippen LogP contribution is -2.30. The van der Waals surface area contributed by atoms with E-state index in [-0.39, 0.29) is 31.1 Å². The summed E-state index contributed by atoms with van der Waals surface area (Å²) in [6.45, 7) is 6.40. The van der Waals surface area contributed by atoms with Crippen LogP contribution in [0.2, 0.25) is 0 Å². The van der Waals surface area contributed by atoms with E-state index in [9.17, 15) is 14.4 Å². The van der Waals surface area contributed by atoms with E-state index in [1.165, 1.54) is 148 Å². The molecule has 0 saturated heterocycles. The van der Waals surface area contributed by atoms with Gasteiger partial charge in [0.2, 0.25) is 0 Å². The van der Waals surface area contributed by atoms with Gasteiger partial charge in [0.1, 0.15) is 13.2 Å². The topological polar surface area (TPSA) is 78.9 Å². The zero-order valence-electron chi connectivity index (χ0n) is 47.4. The van der Waals surface area contributed by atoms with E-state index in [1.54, 1.807) is 0 Å². The number of esters is 3. The highest BCUT2D eigenvalue weighted by Crippen LogP contribution is 2.16. The first-order valence-electron chi connectivity index (χ1n) is 30.6. The van der Waals surface area contributed by atoms with Gasteiger partial charge in [-0.15, -0.1) is 0 Å². The van der Waals surface area contributed by atoms with E-state index in [2.05, 4.69) is 106 Å². The molecule has 0 aromatic heterocycles. The number of allylic oxidation sites excluding steroid dienone is 14. The van der Waals surface area contributed by atoms with Gasteiger partial charge in [0.05, 0.1) is 0 Å². The summed E-state index contributed by atoms with van der Waals surface area (Å²) in [7, 11) is 0. The molecule has 0 aromatic carbocycles. The Morgan fingerprint density at radius 3 is 0.847 bits per heavy atom. The number of ether oxygens (including phenoxy) is 3. The molecule has 414 valence electrons. The Bertz CT molecular complexity index is 1380. The molecular formula is C66H114O6. The number of hydrogen-bond donors (Lipinski definition) is 0. The molecule has 6 heteroatoms. The fourth-order valence-corrected chi connectivity index (χ4v) is 8.63. The Labute approximate surface area is 445 Å². The van der Waals surface area contributed by atoms with Gasteiger partial charge in [0.15, 0.2) is 6.10 Å². The highest BCUT2D eigenvalue weighted by atomic mass is 16.6. The predicted octanol–water partition coefficient (Wildman–Crippen LogP) is 20.7. The maximum atomic E-state index is 12.8. The number of hydrogen-bond acceptors (Lipinski definition) is 6. The van der Waals surface area contributed by atoms with Crippen LogP contribution >= 0.6 is 0 Å². The molecule has 0 fully saturated rings. The van der Waals surface area contributed by atoms with Gasteiger partial charge in [0, 0.05) is 19.3 Å². The van der Waals surface area contributed by atoms with Crippen LogP contribution in [0.3, 0.4) is 0 Å². The molecule has 0 saturated carbocycles. The van der Waals surface area contributed by atoms with Gasteiger partial charge in [-0.1, -0.05) is 273 Å². The molecule has 0 aromatic rings. The second-order valence-corrected chi connectivity index (χ2v) is 20.2. The van der Waals surface area contributed by atoms with Crippen LogP contribution in [0.1, 0.15) is 297 Å². The highest BCUT2D eigenvalue weighted by Gasteiger charge is 2.19. The molecule has 1 unspecified atom stereocenters. The second-order valence-electron chi connectivity index (χ2n) is 20.2. The van der Waals surface area contributed by atoms with Crippen LogP contribution in [0, 0.1) is 0 Å². The summed E-state index contributed by atoms with van der Waals surface area (Å²) in [5.74, 6) is -0.882. The zero-order chi connectivity index (χ0) is 52.2. The summed E-state index contributed by atoms with van der Waals surface area (Å²) in [5, 5.41) is 0. The van der Waals surface area contributed by atoms with Crippen molar-refractivity contribution in [2.45, 2.75) is 303 Å². The third kappa shape index (κ3) is 57.5. The SMILES string of the molecule is CC/C=C\C/C=C\C/C=C\C/C=C\CCCCCCCCCCCCCCCCCCC(=O)OCC(COC(=O)CCCCCCCCCC)OC(=O)CCCCCCCCC/C=C\C/C=C\C/C=C\CC. The smallest absolute Gasteiger partial charge is 0.306 e. The van der Waals surface area contributed by atoms with Crippen molar-refractivity contribution in [1.29, 1.82) is 0 Å². The zero-order valence-corrected chi connectivity index (χ0v) is 47.4. The van der Waals surface area contributed by atoms with E-state index in [1.807, 2.05) is 0 Å². The molecule has 72 heavy (non-hydrogen) atoms. The summed E-state index contributed by atoms with van der Waals surface area (Å²) >= 11 is 0.